The van der Waals surface area contributed by atoms with Gasteiger partial charge in [-0.25, -0.2) is 10.0 Å². The number of hydrogen-bond acceptors (Lipinski definition) is 4. The molecule has 86 valence electrons. The monoisotopic (exact) mass is 238 g/mol. The van der Waals surface area contributed by atoms with Crippen molar-refractivity contribution in [2.24, 2.45) is 0 Å². The average molecular weight is 238 g/mol. The van der Waals surface area contributed by atoms with Crippen LogP contribution in [0.4, 0.5) is 5.69 Å². The lowest BCUT2D eigenvalue weighted by atomic mass is 10.3. The molecule has 1 heterocycles. The topological polar surface area (TPSA) is 32.8 Å². The van der Waals surface area contributed by atoms with Crippen molar-refractivity contribution in [1.82, 2.24) is 5.01 Å². The Morgan fingerprint density at radius 1 is 1.25 bits per heavy atom. The number of benzene rings is 1. The molecule has 0 aromatic heterocycles. The third-order valence-electron chi connectivity index (χ3n) is 2.51. The highest BCUT2D eigenvalue weighted by Crippen LogP contribution is 2.18. The zero-order chi connectivity index (χ0) is 11.4. The molecule has 0 bridgehead atoms. The Balaban J connectivity index is 2.14. The maximum atomic E-state index is 11.1. The van der Waals surface area contributed by atoms with Gasteiger partial charge in [-0.2, -0.15) is 0 Å². The van der Waals surface area contributed by atoms with E-state index in [4.69, 9.17) is 4.74 Å². The smallest absolute Gasteiger partial charge is 0.228 e. The normalized spacial score (nSPS) is 17.1. The van der Waals surface area contributed by atoms with E-state index in [9.17, 15) is 4.79 Å². The number of nitrogens with zero attached hydrogens (tertiary/aromatic N) is 2. The Hall–Kier alpha value is -1.04. The predicted octanol–water partition coefficient (Wildman–Crippen LogP) is 1.19. The van der Waals surface area contributed by atoms with Crippen molar-refractivity contribution < 1.29 is 9.53 Å². The zero-order valence-corrected chi connectivity index (χ0v) is 9.77. The largest absolute Gasteiger partial charge is 0.379 e. The van der Waals surface area contributed by atoms with Gasteiger partial charge in [-0.15, -0.1) is 12.6 Å². The number of carbonyl (C=O) groups is 1. The molecule has 1 aliphatic heterocycles. The fraction of sp³-hybridized carbons (Fsp3) is 0.364. The van der Waals surface area contributed by atoms with Crippen molar-refractivity contribution in [2.45, 2.75) is 4.90 Å². The number of carbonyl (C=O) groups excluding carboxylic acids is 1. The van der Waals surface area contributed by atoms with Crippen LogP contribution in [0.5, 0.6) is 0 Å². The number of thiol groups is 1. The van der Waals surface area contributed by atoms with Gasteiger partial charge in [0.15, 0.2) is 0 Å². The van der Waals surface area contributed by atoms with Gasteiger partial charge in [-0.05, 0) is 24.3 Å². The van der Waals surface area contributed by atoms with Gasteiger partial charge in [0.25, 0.3) is 0 Å². The van der Waals surface area contributed by atoms with Gasteiger partial charge in [0.2, 0.25) is 6.41 Å². The lowest BCUT2D eigenvalue weighted by Crippen LogP contribution is -2.48. The van der Waals surface area contributed by atoms with E-state index in [-0.39, 0.29) is 0 Å². The van der Waals surface area contributed by atoms with E-state index in [1.807, 2.05) is 29.3 Å². The Morgan fingerprint density at radius 2 is 1.88 bits per heavy atom. The number of rotatable bonds is 3. The first-order valence-corrected chi connectivity index (χ1v) is 5.62. The molecule has 0 atom stereocenters. The van der Waals surface area contributed by atoms with Gasteiger partial charge >= 0.3 is 0 Å². The van der Waals surface area contributed by atoms with Gasteiger partial charge in [0, 0.05) is 18.0 Å². The van der Waals surface area contributed by atoms with Gasteiger partial charge < -0.3 is 4.74 Å². The van der Waals surface area contributed by atoms with Crippen molar-refractivity contribution in [3.63, 3.8) is 0 Å². The molecule has 0 spiro atoms. The molecule has 1 aromatic carbocycles. The van der Waals surface area contributed by atoms with Crippen LogP contribution in [0.25, 0.3) is 0 Å². The summed E-state index contributed by atoms with van der Waals surface area (Å²) < 4.78 is 5.25. The summed E-state index contributed by atoms with van der Waals surface area (Å²) in [6.07, 6.45) is 0.832. The van der Waals surface area contributed by atoms with Crippen LogP contribution in [0.3, 0.4) is 0 Å². The fourth-order valence-electron chi connectivity index (χ4n) is 1.67. The number of hydrazine groups is 1. The highest BCUT2D eigenvalue weighted by molar-refractivity contribution is 7.80. The lowest BCUT2D eigenvalue weighted by Gasteiger charge is -2.34. The van der Waals surface area contributed by atoms with Crippen molar-refractivity contribution >= 4 is 24.7 Å². The molecular formula is C11H14N2O2S. The molecule has 2 rings (SSSR count). The second-order valence-electron chi connectivity index (χ2n) is 3.53. The second kappa shape index (κ2) is 5.34. The fourth-order valence-corrected chi connectivity index (χ4v) is 1.81. The summed E-state index contributed by atoms with van der Waals surface area (Å²) in [7, 11) is 0. The van der Waals surface area contributed by atoms with E-state index < -0.39 is 0 Å². The summed E-state index contributed by atoms with van der Waals surface area (Å²) in [5.74, 6) is 0. The van der Waals surface area contributed by atoms with E-state index in [1.54, 1.807) is 5.01 Å². The summed E-state index contributed by atoms with van der Waals surface area (Å²) >= 11 is 4.22. The molecule has 0 unspecified atom stereocenters. The summed E-state index contributed by atoms with van der Waals surface area (Å²) in [5, 5.41) is 3.60. The molecular weight excluding hydrogens is 224 g/mol. The zero-order valence-electron chi connectivity index (χ0n) is 8.87. The van der Waals surface area contributed by atoms with Gasteiger partial charge in [-0.3, -0.25) is 4.79 Å². The highest BCUT2D eigenvalue weighted by Gasteiger charge is 2.18. The van der Waals surface area contributed by atoms with Crippen molar-refractivity contribution in [2.75, 3.05) is 31.3 Å². The van der Waals surface area contributed by atoms with Crippen LogP contribution in [-0.4, -0.2) is 37.7 Å². The number of amides is 1. The molecule has 0 saturated carbocycles. The summed E-state index contributed by atoms with van der Waals surface area (Å²) in [6.45, 7) is 2.80. The van der Waals surface area contributed by atoms with Gasteiger partial charge in [-0.1, -0.05) is 0 Å². The SMILES string of the molecule is O=CN(c1ccc(S)cc1)N1CCOCC1. The Bertz CT molecular complexity index is 350. The minimum absolute atomic E-state index is 0.662. The Labute approximate surface area is 100 Å². The lowest BCUT2D eigenvalue weighted by molar-refractivity contribution is -0.111. The molecule has 1 amide bonds. The van der Waals surface area contributed by atoms with Crippen LogP contribution in [0.2, 0.25) is 0 Å². The molecule has 4 nitrogen and oxygen atoms in total. The molecule has 0 radical (unpaired) electrons. The molecule has 1 aliphatic rings. The first kappa shape index (κ1) is 11.4. The number of morpholine rings is 1. The van der Waals surface area contributed by atoms with Crippen LogP contribution in [0.15, 0.2) is 29.2 Å². The van der Waals surface area contributed by atoms with Crippen molar-refractivity contribution in [3.05, 3.63) is 24.3 Å². The van der Waals surface area contributed by atoms with Crippen molar-refractivity contribution in [3.8, 4) is 0 Å². The Kier molecular flexibility index (Phi) is 3.82. The summed E-state index contributed by atoms with van der Waals surface area (Å²) in [6, 6.07) is 7.50. The first-order chi connectivity index (χ1) is 7.81. The van der Waals surface area contributed by atoms with E-state index in [2.05, 4.69) is 12.6 Å². The second-order valence-corrected chi connectivity index (χ2v) is 4.05. The molecule has 1 saturated heterocycles. The summed E-state index contributed by atoms with van der Waals surface area (Å²) in [4.78, 5) is 12.0. The van der Waals surface area contributed by atoms with Crippen LogP contribution in [0, 0.1) is 0 Å². The maximum Gasteiger partial charge on any atom is 0.228 e. The maximum absolute atomic E-state index is 11.1. The number of hydrogen-bond donors (Lipinski definition) is 1. The molecule has 0 N–H and O–H groups in total. The third-order valence-corrected chi connectivity index (χ3v) is 2.80. The number of ether oxygens (including phenoxy) is 1. The first-order valence-electron chi connectivity index (χ1n) is 5.17. The van der Waals surface area contributed by atoms with Crippen LogP contribution < -0.4 is 5.01 Å². The minimum atomic E-state index is 0.662. The predicted molar refractivity (Wildman–Crippen MR) is 64.6 cm³/mol. The molecule has 1 fully saturated rings. The van der Waals surface area contributed by atoms with Gasteiger partial charge in [0.1, 0.15) is 0 Å². The number of anilines is 1. The minimum Gasteiger partial charge on any atom is -0.379 e. The third kappa shape index (κ3) is 2.55. The standard InChI is InChI=1S/C11H14N2O2S/c14-9-13(12-5-7-15-8-6-12)10-1-3-11(16)4-2-10/h1-4,9,16H,5-8H2. The summed E-state index contributed by atoms with van der Waals surface area (Å²) in [5.41, 5.74) is 0.856. The average Bonchev–Trinajstić information content (AvgIpc) is 2.34. The molecule has 16 heavy (non-hydrogen) atoms. The highest BCUT2D eigenvalue weighted by atomic mass is 32.1. The van der Waals surface area contributed by atoms with E-state index in [1.165, 1.54) is 0 Å². The Morgan fingerprint density at radius 3 is 2.44 bits per heavy atom. The van der Waals surface area contributed by atoms with E-state index >= 15 is 0 Å². The molecule has 0 aliphatic carbocycles. The molecule has 1 aromatic rings. The van der Waals surface area contributed by atoms with Crippen LogP contribution in [0.1, 0.15) is 0 Å². The van der Waals surface area contributed by atoms with E-state index in [0.29, 0.717) is 13.2 Å². The molecule has 5 heteroatoms. The van der Waals surface area contributed by atoms with Crippen LogP contribution >= 0.6 is 12.6 Å². The van der Waals surface area contributed by atoms with Crippen LogP contribution in [-0.2, 0) is 9.53 Å². The van der Waals surface area contributed by atoms with Gasteiger partial charge in [0.05, 0.1) is 18.9 Å². The van der Waals surface area contributed by atoms with E-state index in [0.717, 1.165) is 30.1 Å². The quantitative estimate of drug-likeness (QED) is 0.634. The van der Waals surface area contributed by atoms with Crippen molar-refractivity contribution in [1.29, 1.82) is 0 Å².